The number of hydrogen-bond acceptors (Lipinski definition) is 6. The third kappa shape index (κ3) is 6.09. The molecule has 0 aliphatic carbocycles. The molecule has 2 amide bonds. The molecule has 0 atom stereocenters. The van der Waals surface area contributed by atoms with Crippen molar-refractivity contribution in [3.05, 3.63) is 112 Å². The van der Waals surface area contributed by atoms with Crippen LogP contribution in [0.15, 0.2) is 83.8 Å². The molecule has 0 bridgehead atoms. The van der Waals surface area contributed by atoms with Gasteiger partial charge in [-0.1, -0.05) is 48.5 Å². The fourth-order valence-corrected chi connectivity index (χ4v) is 9.65. The van der Waals surface area contributed by atoms with Crippen molar-refractivity contribution in [1.29, 1.82) is 0 Å². The summed E-state index contributed by atoms with van der Waals surface area (Å²) >= 11 is 1.49. The van der Waals surface area contributed by atoms with Gasteiger partial charge in [0.2, 0.25) is 0 Å². The second-order valence-electron chi connectivity index (χ2n) is 12.3. The summed E-state index contributed by atoms with van der Waals surface area (Å²) in [5.74, 6) is -0.369. The number of carbonyl (C=O) groups excluding carboxylic acids is 2. The second kappa shape index (κ2) is 13.0. The Kier molecular flexibility index (Phi) is 8.68. The van der Waals surface area contributed by atoms with E-state index in [4.69, 9.17) is 0 Å². The molecule has 1 aromatic heterocycles. The number of sulfonamides is 1. The maximum Gasteiger partial charge on any atom is 0.264 e. The molecule has 0 radical (unpaired) electrons. The van der Waals surface area contributed by atoms with Crippen molar-refractivity contribution in [2.75, 3.05) is 35.8 Å². The molecule has 7 rings (SSSR count). The fourth-order valence-electron chi connectivity index (χ4n) is 6.83. The Labute approximate surface area is 274 Å². The first-order valence-electron chi connectivity index (χ1n) is 16.1. The largest absolute Gasteiger partial charge is 0.339 e. The number of para-hydroxylation sites is 1. The third-order valence-corrected chi connectivity index (χ3v) is 12.2. The number of hydrogen-bond donors (Lipinski definition) is 1. The van der Waals surface area contributed by atoms with E-state index >= 15 is 0 Å². The van der Waals surface area contributed by atoms with E-state index in [1.54, 1.807) is 12.1 Å². The van der Waals surface area contributed by atoms with Gasteiger partial charge in [-0.05, 0) is 85.5 Å². The zero-order valence-electron chi connectivity index (χ0n) is 25.8. The van der Waals surface area contributed by atoms with Crippen molar-refractivity contribution in [2.24, 2.45) is 0 Å². The molecule has 0 spiro atoms. The van der Waals surface area contributed by atoms with E-state index in [9.17, 15) is 18.0 Å². The Bertz CT molecular complexity index is 1850. The highest BCUT2D eigenvalue weighted by Crippen LogP contribution is 2.39. The quantitative estimate of drug-likeness (QED) is 0.252. The molecule has 1 N–H and O–H groups in total. The van der Waals surface area contributed by atoms with Crippen LogP contribution < -0.4 is 9.62 Å². The van der Waals surface area contributed by atoms with Gasteiger partial charge in [-0.3, -0.25) is 18.8 Å². The number of rotatable bonds is 7. The summed E-state index contributed by atoms with van der Waals surface area (Å²) in [6.45, 7) is 4.26. The predicted octanol–water partition coefficient (Wildman–Crippen LogP) is 6.33. The Balaban J connectivity index is 1.13. The van der Waals surface area contributed by atoms with E-state index in [1.807, 2.05) is 47.4 Å². The number of aryl methyl sites for hydroxylation is 1. The SMILES string of the molecule is O=C(Nc1sc2c(c1C(=O)N1CCCCC1)CCN(Cc1ccccc1)C2)c1ccc(S(=O)(=O)N2CCCc3ccccc32)cc1. The molecule has 46 heavy (non-hydrogen) atoms. The minimum Gasteiger partial charge on any atom is -0.339 e. The van der Waals surface area contributed by atoms with Crippen LogP contribution in [0.5, 0.6) is 0 Å². The summed E-state index contributed by atoms with van der Waals surface area (Å²) in [5, 5.41) is 3.63. The lowest BCUT2D eigenvalue weighted by Gasteiger charge is -2.30. The van der Waals surface area contributed by atoms with Gasteiger partial charge in [-0.15, -0.1) is 11.3 Å². The second-order valence-corrected chi connectivity index (χ2v) is 15.3. The summed E-state index contributed by atoms with van der Waals surface area (Å²) in [6, 6.07) is 24.1. The lowest BCUT2D eigenvalue weighted by Crippen LogP contribution is -2.37. The lowest BCUT2D eigenvalue weighted by atomic mass is 10.00. The van der Waals surface area contributed by atoms with E-state index < -0.39 is 10.0 Å². The van der Waals surface area contributed by atoms with Gasteiger partial charge in [0.1, 0.15) is 5.00 Å². The van der Waals surface area contributed by atoms with Crippen LogP contribution in [0, 0.1) is 0 Å². The molecular weight excluding hydrogens is 617 g/mol. The van der Waals surface area contributed by atoms with Gasteiger partial charge in [0.05, 0.1) is 16.1 Å². The van der Waals surface area contributed by atoms with Crippen molar-refractivity contribution in [3.63, 3.8) is 0 Å². The van der Waals surface area contributed by atoms with Gasteiger partial charge >= 0.3 is 0 Å². The Morgan fingerprint density at radius 1 is 0.783 bits per heavy atom. The Morgan fingerprint density at radius 3 is 2.30 bits per heavy atom. The van der Waals surface area contributed by atoms with Gasteiger partial charge in [-0.25, -0.2) is 8.42 Å². The van der Waals surface area contributed by atoms with Gasteiger partial charge < -0.3 is 10.2 Å². The van der Waals surface area contributed by atoms with Crippen LogP contribution >= 0.6 is 11.3 Å². The maximum absolute atomic E-state index is 13.9. The van der Waals surface area contributed by atoms with Crippen LogP contribution in [0.1, 0.15) is 68.0 Å². The normalized spacial score (nSPS) is 16.9. The van der Waals surface area contributed by atoms with E-state index in [0.717, 1.165) is 87.3 Å². The van der Waals surface area contributed by atoms with Gasteiger partial charge in [-0.2, -0.15) is 0 Å². The van der Waals surface area contributed by atoms with Crippen LogP contribution in [-0.4, -0.2) is 56.2 Å². The summed E-state index contributed by atoms with van der Waals surface area (Å²) < 4.78 is 28.7. The average molecular weight is 655 g/mol. The molecule has 0 unspecified atom stereocenters. The van der Waals surface area contributed by atoms with Crippen LogP contribution in [0.4, 0.5) is 10.7 Å². The Morgan fingerprint density at radius 2 is 1.52 bits per heavy atom. The minimum absolute atomic E-state index is 0.00716. The predicted molar refractivity (Wildman–Crippen MR) is 182 cm³/mol. The van der Waals surface area contributed by atoms with E-state index in [1.165, 1.54) is 33.3 Å². The number of piperidine rings is 1. The number of nitrogens with one attached hydrogen (secondary N) is 1. The molecule has 4 aromatic rings. The van der Waals surface area contributed by atoms with Crippen molar-refractivity contribution in [2.45, 2.75) is 56.5 Å². The number of nitrogens with zero attached hydrogens (tertiary/aromatic N) is 3. The van der Waals surface area contributed by atoms with Crippen LogP contribution in [0.25, 0.3) is 0 Å². The molecule has 4 heterocycles. The number of amides is 2. The molecule has 10 heteroatoms. The molecule has 8 nitrogen and oxygen atoms in total. The monoisotopic (exact) mass is 654 g/mol. The van der Waals surface area contributed by atoms with Crippen LogP contribution in [-0.2, 0) is 36.0 Å². The zero-order valence-corrected chi connectivity index (χ0v) is 27.4. The summed E-state index contributed by atoms with van der Waals surface area (Å²) in [6.07, 6.45) is 5.45. The highest BCUT2D eigenvalue weighted by molar-refractivity contribution is 7.92. The summed E-state index contributed by atoms with van der Waals surface area (Å²) in [4.78, 5) is 33.1. The smallest absolute Gasteiger partial charge is 0.264 e. The summed E-state index contributed by atoms with van der Waals surface area (Å²) in [5.41, 5.74) is 4.98. The van der Waals surface area contributed by atoms with E-state index in [0.29, 0.717) is 28.4 Å². The summed E-state index contributed by atoms with van der Waals surface area (Å²) in [7, 11) is -3.79. The highest BCUT2D eigenvalue weighted by atomic mass is 32.2. The van der Waals surface area contributed by atoms with Gasteiger partial charge in [0.15, 0.2) is 0 Å². The first-order chi connectivity index (χ1) is 22.4. The molecule has 1 saturated heterocycles. The topological polar surface area (TPSA) is 90.0 Å². The molecule has 3 aromatic carbocycles. The minimum atomic E-state index is -3.79. The highest BCUT2D eigenvalue weighted by Gasteiger charge is 2.32. The Hall–Kier alpha value is -3.99. The number of thiophene rings is 1. The average Bonchev–Trinajstić information content (AvgIpc) is 3.45. The first-order valence-corrected chi connectivity index (χ1v) is 18.4. The lowest BCUT2D eigenvalue weighted by molar-refractivity contribution is 0.0724. The number of benzene rings is 3. The standard InChI is InChI=1S/C36H38N4O4S2/c41-34(28-15-17-29(18-16-28)46(43,44)40-22-9-13-27-12-5-6-14-31(27)40)37-35-33(36(42)39-20-7-2-8-21-39)30-19-23-38(25-32(30)45-35)24-26-10-3-1-4-11-26/h1,3-6,10-12,14-18H,2,7-9,13,19-25H2,(H,37,41). The first kappa shape index (κ1) is 30.7. The van der Waals surface area contributed by atoms with Crippen LogP contribution in [0.2, 0.25) is 0 Å². The van der Waals surface area contributed by atoms with E-state index in [-0.39, 0.29) is 16.7 Å². The molecule has 0 saturated carbocycles. The van der Waals surface area contributed by atoms with Crippen molar-refractivity contribution < 1.29 is 18.0 Å². The number of anilines is 2. The zero-order chi connectivity index (χ0) is 31.7. The van der Waals surface area contributed by atoms with E-state index in [2.05, 4.69) is 22.3 Å². The molecule has 3 aliphatic heterocycles. The van der Waals surface area contributed by atoms with Crippen LogP contribution in [0.3, 0.4) is 0 Å². The molecular formula is C36H38N4O4S2. The third-order valence-electron chi connectivity index (χ3n) is 9.24. The van der Waals surface area contributed by atoms with Gasteiger partial charge in [0.25, 0.3) is 21.8 Å². The van der Waals surface area contributed by atoms with Crippen molar-refractivity contribution in [3.8, 4) is 0 Å². The molecule has 1 fully saturated rings. The maximum atomic E-state index is 13.9. The van der Waals surface area contributed by atoms with Crippen molar-refractivity contribution in [1.82, 2.24) is 9.80 Å². The fraction of sp³-hybridized carbons (Fsp3) is 0.333. The molecule has 238 valence electrons. The molecule has 3 aliphatic rings. The van der Waals surface area contributed by atoms with Crippen molar-refractivity contribution >= 4 is 43.9 Å². The van der Waals surface area contributed by atoms with Gasteiger partial charge in [0, 0.05) is 49.7 Å². The number of fused-ring (bicyclic) bond motifs is 2. The number of carbonyl (C=O) groups is 2. The number of likely N-dealkylation sites (tertiary alicyclic amines) is 1.